The van der Waals surface area contributed by atoms with Gasteiger partial charge in [-0.05, 0) is 18.2 Å². The third kappa shape index (κ3) is 2.17. The number of hydrogen-bond acceptors (Lipinski definition) is 6. The van der Waals surface area contributed by atoms with Gasteiger partial charge in [0.15, 0.2) is 15.1 Å². The van der Waals surface area contributed by atoms with E-state index in [4.69, 9.17) is 11.6 Å². The smallest absolute Gasteiger partial charge is 0.278 e. The summed E-state index contributed by atoms with van der Waals surface area (Å²) in [7, 11) is -3.84. The molecule has 1 aromatic carbocycles. The standard InChI is InChI=1S/C12H7ClN4O2S3/c13-10-11(17-3-4-20-12(17)15-10)22(18,19)16-7-1-2-8-9(5-7)21-6-14-8/h1-6,16H. The molecule has 0 fully saturated rings. The predicted octanol–water partition coefficient (Wildman–Crippen LogP) is 3.46. The zero-order valence-corrected chi connectivity index (χ0v) is 13.9. The number of nitrogens with zero attached hydrogens (tertiary/aromatic N) is 3. The van der Waals surface area contributed by atoms with Gasteiger partial charge in [0.25, 0.3) is 10.0 Å². The number of rotatable bonds is 3. The molecule has 3 aromatic heterocycles. The monoisotopic (exact) mass is 370 g/mol. The quantitative estimate of drug-likeness (QED) is 0.599. The number of fused-ring (bicyclic) bond motifs is 2. The molecule has 0 radical (unpaired) electrons. The Hall–Kier alpha value is -1.68. The molecule has 0 unspecified atom stereocenters. The Bertz CT molecular complexity index is 1100. The van der Waals surface area contributed by atoms with Gasteiger partial charge in [0.2, 0.25) is 0 Å². The van der Waals surface area contributed by atoms with Gasteiger partial charge in [-0.2, -0.15) is 8.42 Å². The van der Waals surface area contributed by atoms with E-state index in [1.54, 1.807) is 35.3 Å². The minimum atomic E-state index is -3.84. The van der Waals surface area contributed by atoms with Crippen molar-refractivity contribution in [1.82, 2.24) is 14.4 Å². The highest BCUT2D eigenvalue weighted by Crippen LogP contribution is 2.28. The van der Waals surface area contributed by atoms with Crippen molar-refractivity contribution in [3.63, 3.8) is 0 Å². The molecule has 10 heteroatoms. The first-order valence-electron chi connectivity index (χ1n) is 6.02. The number of halogens is 1. The van der Waals surface area contributed by atoms with E-state index in [9.17, 15) is 8.42 Å². The molecule has 0 amide bonds. The van der Waals surface area contributed by atoms with Crippen LogP contribution >= 0.6 is 34.3 Å². The molecular weight excluding hydrogens is 364 g/mol. The first kappa shape index (κ1) is 13.9. The molecule has 6 nitrogen and oxygen atoms in total. The zero-order chi connectivity index (χ0) is 15.3. The van der Waals surface area contributed by atoms with E-state index >= 15 is 0 Å². The summed E-state index contributed by atoms with van der Waals surface area (Å²) in [4.78, 5) is 8.74. The van der Waals surface area contributed by atoms with Crippen molar-refractivity contribution in [2.24, 2.45) is 0 Å². The second-order valence-electron chi connectivity index (χ2n) is 4.40. The zero-order valence-electron chi connectivity index (χ0n) is 10.7. The van der Waals surface area contributed by atoms with E-state index in [0.29, 0.717) is 10.6 Å². The Morgan fingerprint density at radius 3 is 3.00 bits per heavy atom. The van der Waals surface area contributed by atoms with Crippen molar-refractivity contribution in [1.29, 1.82) is 0 Å². The van der Waals surface area contributed by atoms with Crippen molar-refractivity contribution in [3.8, 4) is 0 Å². The molecule has 0 spiro atoms. The van der Waals surface area contributed by atoms with Crippen LogP contribution in [-0.4, -0.2) is 22.8 Å². The first-order valence-corrected chi connectivity index (χ1v) is 9.64. The minimum Gasteiger partial charge on any atom is -0.278 e. The summed E-state index contributed by atoms with van der Waals surface area (Å²) in [5.41, 5.74) is 3.00. The molecule has 0 aliphatic rings. The second kappa shape index (κ2) is 4.92. The van der Waals surface area contributed by atoms with Crippen LogP contribution in [-0.2, 0) is 10.0 Å². The fourth-order valence-corrected chi connectivity index (χ4v) is 5.32. The lowest BCUT2D eigenvalue weighted by molar-refractivity contribution is 0.597. The van der Waals surface area contributed by atoms with Gasteiger partial charge in [-0.15, -0.1) is 22.7 Å². The Labute approximate surface area is 138 Å². The van der Waals surface area contributed by atoms with E-state index in [0.717, 1.165) is 10.2 Å². The maximum atomic E-state index is 12.6. The van der Waals surface area contributed by atoms with Crippen molar-refractivity contribution >= 4 is 65.2 Å². The van der Waals surface area contributed by atoms with Crippen LogP contribution in [0.15, 0.2) is 40.3 Å². The average Bonchev–Trinajstić information content (AvgIpc) is 3.11. The summed E-state index contributed by atoms with van der Waals surface area (Å²) < 4.78 is 30.1. The highest BCUT2D eigenvalue weighted by atomic mass is 35.5. The van der Waals surface area contributed by atoms with E-state index in [2.05, 4.69) is 14.7 Å². The molecule has 4 aromatic rings. The number of anilines is 1. The summed E-state index contributed by atoms with van der Waals surface area (Å²) in [5.74, 6) is 0. The molecule has 0 aliphatic heterocycles. The van der Waals surface area contributed by atoms with Crippen LogP contribution in [0.1, 0.15) is 0 Å². The number of aromatic nitrogens is 3. The Morgan fingerprint density at radius 1 is 1.27 bits per heavy atom. The lowest BCUT2D eigenvalue weighted by Crippen LogP contribution is -2.15. The molecule has 4 rings (SSSR count). The molecule has 0 atom stereocenters. The summed E-state index contributed by atoms with van der Waals surface area (Å²) in [5, 5.41) is 1.65. The number of sulfonamides is 1. The predicted molar refractivity (Wildman–Crippen MR) is 88.5 cm³/mol. The second-order valence-corrected chi connectivity index (χ2v) is 8.12. The fraction of sp³-hybridized carbons (Fsp3) is 0. The summed E-state index contributed by atoms with van der Waals surface area (Å²) in [6.45, 7) is 0. The molecular formula is C12H7ClN4O2S3. The van der Waals surface area contributed by atoms with Gasteiger partial charge in [-0.3, -0.25) is 9.12 Å². The van der Waals surface area contributed by atoms with Crippen LogP contribution < -0.4 is 4.72 Å². The van der Waals surface area contributed by atoms with Crippen molar-refractivity contribution in [2.75, 3.05) is 4.72 Å². The molecule has 22 heavy (non-hydrogen) atoms. The highest BCUT2D eigenvalue weighted by Gasteiger charge is 2.25. The number of nitrogens with one attached hydrogen (secondary N) is 1. The molecule has 1 N–H and O–H groups in total. The number of hydrogen-bond donors (Lipinski definition) is 1. The normalized spacial score (nSPS) is 12.2. The van der Waals surface area contributed by atoms with Crippen LogP contribution in [0, 0.1) is 0 Å². The van der Waals surface area contributed by atoms with Gasteiger partial charge in [0.05, 0.1) is 21.4 Å². The van der Waals surface area contributed by atoms with Gasteiger partial charge in [-0.25, -0.2) is 9.97 Å². The van der Waals surface area contributed by atoms with E-state index in [1.807, 2.05) is 0 Å². The molecule has 3 heterocycles. The molecule has 0 aliphatic carbocycles. The third-order valence-corrected chi connectivity index (χ3v) is 6.34. The Morgan fingerprint density at radius 2 is 2.14 bits per heavy atom. The van der Waals surface area contributed by atoms with Gasteiger partial charge < -0.3 is 0 Å². The fourth-order valence-electron chi connectivity index (χ4n) is 2.10. The molecule has 0 bridgehead atoms. The van der Waals surface area contributed by atoms with Crippen molar-refractivity contribution < 1.29 is 8.42 Å². The van der Waals surface area contributed by atoms with E-state index in [-0.39, 0.29) is 10.2 Å². The topological polar surface area (TPSA) is 76.4 Å². The largest absolute Gasteiger partial charge is 0.281 e. The van der Waals surface area contributed by atoms with Crippen LogP contribution in [0.3, 0.4) is 0 Å². The van der Waals surface area contributed by atoms with Gasteiger partial charge >= 0.3 is 0 Å². The first-order chi connectivity index (χ1) is 10.5. The summed E-state index contributed by atoms with van der Waals surface area (Å²) >= 11 is 8.75. The molecule has 0 saturated heterocycles. The molecule has 112 valence electrons. The Kier molecular flexibility index (Phi) is 3.12. The Balaban J connectivity index is 1.80. The number of thiazole rings is 2. The van der Waals surface area contributed by atoms with Gasteiger partial charge in [0.1, 0.15) is 0 Å². The minimum absolute atomic E-state index is 0.0433. The maximum absolute atomic E-state index is 12.6. The van der Waals surface area contributed by atoms with E-state index < -0.39 is 10.0 Å². The summed E-state index contributed by atoms with van der Waals surface area (Å²) in [6, 6.07) is 5.17. The summed E-state index contributed by atoms with van der Waals surface area (Å²) in [6.07, 6.45) is 1.62. The van der Waals surface area contributed by atoms with Crippen LogP contribution in [0.25, 0.3) is 15.2 Å². The van der Waals surface area contributed by atoms with Crippen LogP contribution in [0.5, 0.6) is 0 Å². The number of imidazole rings is 1. The van der Waals surface area contributed by atoms with Crippen LogP contribution in [0.4, 0.5) is 5.69 Å². The van der Waals surface area contributed by atoms with Crippen molar-refractivity contribution in [3.05, 3.63) is 40.4 Å². The SMILES string of the molecule is O=S(=O)(Nc1ccc2ncsc2c1)c1c(Cl)nc2sccn12. The molecule has 0 saturated carbocycles. The number of benzene rings is 1. The lowest BCUT2D eigenvalue weighted by atomic mass is 10.3. The highest BCUT2D eigenvalue weighted by molar-refractivity contribution is 7.92. The van der Waals surface area contributed by atoms with Crippen LogP contribution in [0.2, 0.25) is 5.15 Å². The van der Waals surface area contributed by atoms with E-state index in [1.165, 1.54) is 27.1 Å². The third-order valence-electron chi connectivity index (χ3n) is 3.02. The maximum Gasteiger partial charge on any atom is 0.281 e. The van der Waals surface area contributed by atoms with Crippen molar-refractivity contribution in [2.45, 2.75) is 5.03 Å². The van der Waals surface area contributed by atoms with Gasteiger partial charge in [0, 0.05) is 11.6 Å². The lowest BCUT2D eigenvalue weighted by Gasteiger charge is -2.07. The average molecular weight is 371 g/mol. The van der Waals surface area contributed by atoms with Gasteiger partial charge in [-0.1, -0.05) is 11.6 Å².